The van der Waals surface area contributed by atoms with Crippen LogP contribution in [0.25, 0.3) is 10.9 Å². The molecule has 0 aliphatic carbocycles. The zero-order valence-corrected chi connectivity index (χ0v) is 17.3. The van der Waals surface area contributed by atoms with Gasteiger partial charge in [0.25, 0.3) is 11.5 Å². The molecule has 2 N–H and O–H groups in total. The van der Waals surface area contributed by atoms with Crippen LogP contribution < -0.4 is 15.8 Å². The number of halogens is 2. The fourth-order valence-electron chi connectivity index (χ4n) is 3.82. The number of hydrogen-bond acceptors (Lipinski definition) is 5. The number of nitrogens with zero attached hydrogens (tertiary/aromatic N) is 3. The van der Waals surface area contributed by atoms with E-state index in [2.05, 4.69) is 20.2 Å². The highest BCUT2D eigenvalue weighted by Gasteiger charge is 2.22. The number of anilines is 1. The van der Waals surface area contributed by atoms with Gasteiger partial charge < -0.3 is 15.2 Å². The number of piperazine rings is 1. The number of amides is 1. The van der Waals surface area contributed by atoms with Gasteiger partial charge in [-0.3, -0.25) is 14.5 Å². The van der Waals surface area contributed by atoms with Gasteiger partial charge in [-0.1, -0.05) is 12.1 Å². The van der Waals surface area contributed by atoms with Crippen molar-refractivity contribution < 1.29 is 13.6 Å². The number of nitrogens with one attached hydrogen (secondary N) is 2. The summed E-state index contributed by atoms with van der Waals surface area (Å²) in [5.41, 5.74) is 1.34. The van der Waals surface area contributed by atoms with E-state index >= 15 is 0 Å². The third-order valence-corrected chi connectivity index (χ3v) is 5.62. The molecule has 0 unspecified atom stereocenters. The minimum absolute atomic E-state index is 0.0300. The summed E-state index contributed by atoms with van der Waals surface area (Å²) in [6, 6.07) is 8.28. The van der Waals surface area contributed by atoms with Crippen LogP contribution in [0.2, 0.25) is 0 Å². The summed E-state index contributed by atoms with van der Waals surface area (Å²) in [4.78, 5) is 33.8. The van der Waals surface area contributed by atoms with E-state index in [9.17, 15) is 18.4 Å². The summed E-state index contributed by atoms with van der Waals surface area (Å²) in [6.45, 7) is 4.39. The predicted octanol–water partition coefficient (Wildman–Crippen LogP) is 2.19. The van der Waals surface area contributed by atoms with E-state index in [1.807, 2.05) is 11.0 Å². The molecule has 0 saturated carbocycles. The van der Waals surface area contributed by atoms with Crippen LogP contribution in [0.4, 0.5) is 14.5 Å². The predicted molar refractivity (Wildman–Crippen MR) is 114 cm³/mol. The van der Waals surface area contributed by atoms with Crippen molar-refractivity contribution >= 4 is 22.5 Å². The molecule has 0 bridgehead atoms. The lowest BCUT2D eigenvalue weighted by molar-refractivity contribution is 0.0957. The van der Waals surface area contributed by atoms with E-state index in [1.54, 1.807) is 25.1 Å². The highest BCUT2D eigenvalue weighted by molar-refractivity contribution is 5.92. The van der Waals surface area contributed by atoms with Gasteiger partial charge in [0.2, 0.25) is 5.95 Å². The highest BCUT2D eigenvalue weighted by Crippen LogP contribution is 2.23. The number of fused-ring (bicyclic) bond motifs is 1. The Kier molecular flexibility index (Phi) is 5.69. The average molecular weight is 427 g/mol. The Morgan fingerprint density at radius 3 is 2.58 bits per heavy atom. The molecule has 9 heteroatoms. The molecule has 0 radical (unpaired) electrons. The van der Waals surface area contributed by atoms with Crippen molar-refractivity contribution in [2.45, 2.75) is 13.5 Å². The number of H-pyrrole nitrogens is 1. The van der Waals surface area contributed by atoms with Gasteiger partial charge in [-0.25, -0.2) is 9.37 Å². The van der Waals surface area contributed by atoms with Gasteiger partial charge in [0.05, 0.1) is 11.2 Å². The van der Waals surface area contributed by atoms with E-state index in [1.165, 1.54) is 13.1 Å². The standard InChI is InChI=1S/C22H23F2N5O2/c1-13-11-14-3-4-15(18(23)19(14)27-21(13)30)12-28-7-9-29(10-8-28)17-6-5-16(22(31)25-2)26-20(17)24/h3-6,11H,7-10,12H2,1-2H3,(H,25,31)(H,27,30). The van der Waals surface area contributed by atoms with E-state index < -0.39 is 17.7 Å². The van der Waals surface area contributed by atoms with Crippen molar-refractivity contribution in [2.75, 3.05) is 38.1 Å². The van der Waals surface area contributed by atoms with Crippen LogP contribution in [0.3, 0.4) is 0 Å². The SMILES string of the molecule is CNC(=O)c1ccc(N2CCN(Cc3ccc4cc(C)c(=O)[nH]c4c3F)CC2)c(F)n1. The lowest BCUT2D eigenvalue weighted by atomic mass is 10.1. The van der Waals surface area contributed by atoms with Crippen LogP contribution >= 0.6 is 0 Å². The molecule has 0 spiro atoms. The number of carbonyl (C=O) groups excluding carboxylic acids is 1. The summed E-state index contributed by atoms with van der Waals surface area (Å²) in [6.07, 6.45) is 0. The van der Waals surface area contributed by atoms with Gasteiger partial charge in [0, 0.05) is 56.3 Å². The second kappa shape index (κ2) is 8.43. The van der Waals surface area contributed by atoms with E-state index in [0.717, 1.165) is 0 Å². The lowest BCUT2D eigenvalue weighted by Crippen LogP contribution is -2.46. The van der Waals surface area contributed by atoms with E-state index in [0.29, 0.717) is 54.9 Å². The minimum atomic E-state index is -0.686. The Balaban J connectivity index is 1.45. The second-order valence-corrected chi connectivity index (χ2v) is 7.63. The Labute approximate surface area is 177 Å². The zero-order chi connectivity index (χ0) is 22.1. The first-order valence-electron chi connectivity index (χ1n) is 10.0. The van der Waals surface area contributed by atoms with E-state index in [4.69, 9.17) is 0 Å². The molecular weight excluding hydrogens is 404 g/mol. The first kappa shape index (κ1) is 20.9. The molecule has 31 heavy (non-hydrogen) atoms. The molecule has 4 rings (SSSR count). The summed E-state index contributed by atoms with van der Waals surface area (Å²) in [7, 11) is 1.46. The van der Waals surface area contributed by atoms with Gasteiger partial charge in [-0.05, 0) is 25.1 Å². The van der Waals surface area contributed by atoms with Gasteiger partial charge in [-0.2, -0.15) is 4.39 Å². The van der Waals surface area contributed by atoms with Crippen molar-refractivity contribution in [1.82, 2.24) is 20.2 Å². The quantitative estimate of drug-likeness (QED) is 0.624. The van der Waals surface area contributed by atoms with Gasteiger partial charge >= 0.3 is 0 Å². The zero-order valence-electron chi connectivity index (χ0n) is 17.3. The first-order chi connectivity index (χ1) is 14.9. The third kappa shape index (κ3) is 4.13. The van der Waals surface area contributed by atoms with Crippen molar-refractivity contribution in [3.05, 3.63) is 69.3 Å². The number of pyridine rings is 2. The molecule has 3 aromatic rings. The number of benzene rings is 1. The largest absolute Gasteiger partial charge is 0.365 e. The summed E-state index contributed by atoms with van der Waals surface area (Å²) in [5.74, 6) is -1.55. The van der Waals surface area contributed by atoms with Crippen molar-refractivity contribution in [2.24, 2.45) is 0 Å². The maximum Gasteiger partial charge on any atom is 0.269 e. The molecule has 162 valence electrons. The van der Waals surface area contributed by atoms with Crippen molar-refractivity contribution in [1.29, 1.82) is 0 Å². The molecule has 2 aromatic heterocycles. The molecule has 3 heterocycles. The molecule has 1 fully saturated rings. The molecule has 1 amide bonds. The maximum atomic E-state index is 15.0. The van der Waals surface area contributed by atoms with Crippen LogP contribution in [0.1, 0.15) is 21.6 Å². The highest BCUT2D eigenvalue weighted by atomic mass is 19.1. The Hall–Kier alpha value is -3.33. The number of aromatic amines is 1. The topological polar surface area (TPSA) is 81.3 Å². The molecule has 1 saturated heterocycles. The summed E-state index contributed by atoms with van der Waals surface area (Å²) < 4.78 is 29.4. The van der Waals surface area contributed by atoms with Crippen LogP contribution in [0.5, 0.6) is 0 Å². The van der Waals surface area contributed by atoms with Crippen LogP contribution in [0, 0.1) is 18.7 Å². The van der Waals surface area contributed by atoms with Crippen LogP contribution in [-0.2, 0) is 6.54 Å². The van der Waals surface area contributed by atoms with Crippen LogP contribution in [-0.4, -0.2) is 54.0 Å². The van der Waals surface area contributed by atoms with Gasteiger partial charge in [0.15, 0.2) is 5.82 Å². The molecule has 1 aliphatic heterocycles. The van der Waals surface area contributed by atoms with Crippen LogP contribution in [0.15, 0.2) is 35.1 Å². The average Bonchev–Trinajstić information content (AvgIpc) is 2.77. The number of rotatable bonds is 4. The monoisotopic (exact) mass is 427 g/mol. The molecule has 1 aliphatic rings. The fourth-order valence-corrected chi connectivity index (χ4v) is 3.82. The van der Waals surface area contributed by atoms with Crippen molar-refractivity contribution in [3.63, 3.8) is 0 Å². The molecule has 1 aromatic carbocycles. The minimum Gasteiger partial charge on any atom is -0.365 e. The third-order valence-electron chi connectivity index (χ3n) is 5.62. The summed E-state index contributed by atoms with van der Waals surface area (Å²) >= 11 is 0. The molecule has 0 atom stereocenters. The molecular formula is C22H23F2N5O2. The maximum absolute atomic E-state index is 15.0. The summed E-state index contributed by atoms with van der Waals surface area (Å²) in [5, 5.41) is 3.08. The Morgan fingerprint density at radius 1 is 1.16 bits per heavy atom. The number of aryl methyl sites for hydroxylation is 1. The van der Waals surface area contributed by atoms with Crippen molar-refractivity contribution in [3.8, 4) is 0 Å². The first-order valence-corrected chi connectivity index (χ1v) is 10.0. The van der Waals surface area contributed by atoms with E-state index in [-0.39, 0.29) is 16.8 Å². The van der Waals surface area contributed by atoms with Gasteiger partial charge in [-0.15, -0.1) is 0 Å². The second-order valence-electron chi connectivity index (χ2n) is 7.63. The lowest BCUT2D eigenvalue weighted by Gasteiger charge is -2.36. The normalized spacial score (nSPS) is 14.8. The number of hydrogen-bond donors (Lipinski definition) is 2. The number of aromatic nitrogens is 2. The fraction of sp³-hybridized carbons (Fsp3) is 0.318. The molecule has 7 nitrogen and oxygen atoms in total. The Morgan fingerprint density at radius 2 is 1.90 bits per heavy atom. The Bertz CT molecular complexity index is 1200. The smallest absolute Gasteiger partial charge is 0.269 e. The van der Waals surface area contributed by atoms with Gasteiger partial charge in [0.1, 0.15) is 5.69 Å². The number of carbonyl (C=O) groups is 1.